The number of hydrogen-bond donors (Lipinski definition) is 0. The lowest BCUT2D eigenvalue weighted by molar-refractivity contribution is 0.152. The Kier molecular flexibility index (Phi) is 7.96. The maximum atomic E-state index is 5.41. The molecule has 0 aromatic carbocycles. The summed E-state index contributed by atoms with van der Waals surface area (Å²) in [4.78, 5) is 0. The highest BCUT2D eigenvalue weighted by Crippen LogP contribution is 2.14. The minimum Gasteiger partial charge on any atom is -0.398 e. The number of ether oxygens (including phenoxy) is 1. The van der Waals surface area contributed by atoms with Gasteiger partial charge < -0.3 is 13.6 Å². The molecule has 0 aromatic heterocycles. The molecular weight excluding hydrogens is 208 g/mol. The van der Waals surface area contributed by atoms with E-state index in [2.05, 4.69) is 13.1 Å². The van der Waals surface area contributed by atoms with Crippen molar-refractivity contribution in [3.63, 3.8) is 0 Å². The van der Waals surface area contributed by atoms with Crippen LogP contribution in [0.2, 0.25) is 12.6 Å². The van der Waals surface area contributed by atoms with Gasteiger partial charge in [-0.2, -0.15) is 0 Å². The van der Waals surface area contributed by atoms with Gasteiger partial charge in [0.15, 0.2) is 0 Å². The lowest BCUT2D eigenvalue weighted by atomic mass is 10.3. The molecule has 15 heavy (non-hydrogen) atoms. The summed E-state index contributed by atoms with van der Waals surface area (Å²) in [6.07, 6.45) is 2.16. The van der Waals surface area contributed by atoms with Crippen LogP contribution < -0.4 is 0 Å². The van der Waals surface area contributed by atoms with E-state index in [0.717, 1.165) is 31.1 Å². The molecule has 0 heterocycles. The second-order valence-corrected chi connectivity index (χ2v) is 7.59. The maximum Gasteiger partial charge on any atom is 0.334 e. The van der Waals surface area contributed by atoms with Crippen LogP contribution in [0.1, 0.15) is 19.8 Å². The van der Waals surface area contributed by atoms with Gasteiger partial charge in [-0.1, -0.05) is 12.2 Å². The number of unbranched alkanes of at least 4 members (excludes halogenated alkanes) is 1. The minimum absolute atomic E-state index is 0.670. The highest BCUT2D eigenvalue weighted by molar-refractivity contribution is 6.65. The van der Waals surface area contributed by atoms with Crippen molar-refractivity contribution in [2.75, 3.05) is 27.4 Å². The third kappa shape index (κ3) is 7.73. The lowest BCUT2D eigenvalue weighted by Crippen LogP contribution is -2.35. The summed E-state index contributed by atoms with van der Waals surface area (Å²) in [6, 6.07) is 1.02. The monoisotopic (exact) mass is 232 g/mol. The molecule has 0 saturated heterocycles. The van der Waals surface area contributed by atoms with Crippen LogP contribution in [0.15, 0.2) is 12.2 Å². The Morgan fingerprint density at radius 3 is 2.27 bits per heavy atom. The Hall–Kier alpha value is -0.163. The van der Waals surface area contributed by atoms with Crippen LogP contribution in [0.25, 0.3) is 0 Å². The molecule has 0 amide bonds. The van der Waals surface area contributed by atoms with Crippen molar-refractivity contribution in [2.45, 2.75) is 32.4 Å². The van der Waals surface area contributed by atoms with Crippen molar-refractivity contribution in [3.05, 3.63) is 12.2 Å². The normalized spacial score (nSPS) is 11.7. The van der Waals surface area contributed by atoms with E-state index in [-0.39, 0.29) is 0 Å². The summed E-state index contributed by atoms with van der Waals surface area (Å²) >= 11 is 0. The van der Waals surface area contributed by atoms with Crippen LogP contribution in [-0.2, 0) is 13.6 Å². The van der Waals surface area contributed by atoms with Crippen molar-refractivity contribution >= 4 is 8.56 Å². The predicted molar refractivity (Wildman–Crippen MR) is 65.3 cm³/mol. The Morgan fingerprint density at radius 2 is 1.80 bits per heavy atom. The Labute approximate surface area is 94.7 Å². The fraction of sp³-hybridized carbons (Fsp3) is 0.818. The van der Waals surface area contributed by atoms with Crippen molar-refractivity contribution < 1.29 is 13.6 Å². The van der Waals surface area contributed by atoms with Gasteiger partial charge in [-0.05, 0) is 32.4 Å². The molecule has 0 bridgehead atoms. The molecular formula is C11H24O3Si. The minimum atomic E-state index is -1.85. The highest BCUT2D eigenvalue weighted by Gasteiger charge is 2.27. The van der Waals surface area contributed by atoms with Crippen LogP contribution in [0.3, 0.4) is 0 Å². The smallest absolute Gasteiger partial charge is 0.334 e. The van der Waals surface area contributed by atoms with E-state index in [1.54, 1.807) is 14.2 Å². The van der Waals surface area contributed by atoms with Gasteiger partial charge in [-0.25, -0.2) is 0 Å². The SMILES string of the molecule is C=C(C)COCCCC[Si](C)(OC)OC. The number of rotatable bonds is 9. The van der Waals surface area contributed by atoms with Crippen LogP contribution >= 0.6 is 0 Å². The van der Waals surface area contributed by atoms with Crippen LogP contribution in [0.4, 0.5) is 0 Å². The third-order valence-corrected chi connectivity index (χ3v) is 5.37. The van der Waals surface area contributed by atoms with Gasteiger partial charge >= 0.3 is 8.56 Å². The van der Waals surface area contributed by atoms with Gasteiger partial charge in [0.05, 0.1) is 6.61 Å². The Bertz CT molecular complexity index is 179. The molecule has 0 aliphatic carbocycles. The molecule has 0 aromatic rings. The summed E-state index contributed by atoms with van der Waals surface area (Å²) in [7, 11) is 1.61. The summed E-state index contributed by atoms with van der Waals surface area (Å²) < 4.78 is 16.2. The van der Waals surface area contributed by atoms with Crippen molar-refractivity contribution in [1.82, 2.24) is 0 Å². The zero-order valence-electron chi connectivity index (χ0n) is 10.5. The molecule has 0 radical (unpaired) electrons. The average Bonchev–Trinajstić information content (AvgIpc) is 2.22. The first kappa shape index (κ1) is 14.8. The van der Waals surface area contributed by atoms with E-state index >= 15 is 0 Å². The predicted octanol–water partition coefficient (Wildman–Crippen LogP) is 2.72. The lowest BCUT2D eigenvalue weighted by Gasteiger charge is -2.22. The summed E-state index contributed by atoms with van der Waals surface area (Å²) in [5.74, 6) is 0. The summed E-state index contributed by atoms with van der Waals surface area (Å²) in [5, 5.41) is 0. The summed E-state index contributed by atoms with van der Waals surface area (Å²) in [5.41, 5.74) is 1.07. The molecule has 0 rings (SSSR count). The fourth-order valence-electron chi connectivity index (χ4n) is 1.18. The molecule has 0 atom stereocenters. The maximum absolute atomic E-state index is 5.41. The first-order chi connectivity index (χ1) is 7.04. The first-order valence-electron chi connectivity index (χ1n) is 5.36. The second kappa shape index (κ2) is 8.04. The van der Waals surface area contributed by atoms with Crippen molar-refractivity contribution in [2.24, 2.45) is 0 Å². The van der Waals surface area contributed by atoms with Gasteiger partial charge in [0.1, 0.15) is 0 Å². The molecule has 0 spiro atoms. The number of hydrogen-bond acceptors (Lipinski definition) is 3. The van der Waals surface area contributed by atoms with Gasteiger partial charge in [0, 0.05) is 20.8 Å². The van der Waals surface area contributed by atoms with Crippen LogP contribution in [0.5, 0.6) is 0 Å². The zero-order valence-corrected chi connectivity index (χ0v) is 11.5. The molecule has 0 aliphatic rings. The summed E-state index contributed by atoms with van der Waals surface area (Å²) in [6.45, 7) is 9.30. The van der Waals surface area contributed by atoms with E-state index in [1.807, 2.05) is 6.92 Å². The molecule has 90 valence electrons. The fourth-order valence-corrected chi connectivity index (χ4v) is 2.65. The standard InChI is InChI=1S/C11H24O3Si/c1-11(2)10-14-8-6-7-9-15(5,12-3)13-4/h1,6-10H2,2-5H3. The zero-order chi connectivity index (χ0) is 11.7. The van der Waals surface area contributed by atoms with E-state index in [9.17, 15) is 0 Å². The van der Waals surface area contributed by atoms with Crippen molar-refractivity contribution in [3.8, 4) is 0 Å². The van der Waals surface area contributed by atoms with Crippen LogP contribution in [-0.4, -0.2) is 36.0 Å². The van der Waals surface area contributed by atoms with Gasteiger partial charge in [-0.15, -0.1) is 0 Å². The van der Waals surface area contributed by atoms with E-state index in [0.29, 0.717) is 6.61 Å². The molecule has 0 N–H and O–H groups in total. The van der Waals surface area contributed by atoms with Gasteiger partial charge in [0.25, 0.3) is 0 Å². The highest BCUT2D eigenvalue weighted by atomic mass is 28.4. The third-order valence-electron chi connectivity index (χ3n) is 2.38. The van der Waals surface area contributed by atoms with Crippen LogP contribution in [0, 0.1) is 0 Å². The Morgan fingerprint density at radius 1 is 1.20 bits per heavy atom. The molecule has 4 heteroatoms. The average molecular weight is 232 g/mol. The van der Waals surface area contributed by atoms with Gasteiger partial charge in [0.2, 0.25) is 0 Å². The molecule has 0 fully saturated rings. The quantitative estimate of drug-likeness (QED) is 0.347. The largest absolute Gasteiger partial charge is 0.398 e. The van der Waals surface area contributed by atoms with Crippen molar-refractivity contribution in [1.29, 1.82) is 0 Å². The van der Waals surface area contributed by atoms with E-state index in [4.69, 9.17) is 13.6 Å². The van der Waals surface area contributed by atoms with Gasteiger partial charge in [-0.3, -0.25) is 0 Å². The molecule has 0 aliphatic heterocycles. The van der Waals surface area contributed by atoms with E-state index in [1.165, 1.54) is 0 Å². The molecule has 0 saturated carbocycles. The second-order valence-electron chi connectivity index (χ2n) is 4.01. The Balaban J connectivity index is 3.41. The first-order valence-corrected chi connectivity index (χ1v) is 7.89. The van der Waals surface area contributed by atoms with E-state index < -0.39 is 8.56 Å². The molecule has 0 unspecified atom stereocenters. The topological polar surface area (TPSA) is 27.7 Å². The molecule has 3 nitrogen and oxygen atoms in total.